The van der Waals surface area contributed by atoms with Gasteiger partial charge in [0, 0.05) is 18.1 Å². The molecule has 0 amide bonds. The van der Waals surface area contributed by atoms with Crippen LogP contribution in [0, 0.1) is 0 Å². The van der Waals surface area contributed by atoms with Gasteiger partial charge in [-0.15, -0.1) is 0 Å². The molecule has 7 N–H and O–H groups in total. The average molecular weight is 355 g/mol. The van der Waals surface area contributed by atoms with Crippen molar-refractivity contribution < 1.29 is 0 Å². The third-order valence-corrected chi connectivity index (χ3v) is 4.86. The van der Waals surface area contributed by atoms with Crippen LogP contribution in [0.4, 0.5) is 0 Å². The summed E-state index contributed by atoms with van der Waals surface area (Å²) in [7, 11) is 0. The van der Waals surface area contributed by atoms with Crippen LogP contribution in [0.15, 0.2) is 60.7 Å². The Morgan fingerprint density at radius 3 is 2.04 bits per heavy atom. The number of benzene rings is 2. The van der Waals surface area contributed by atoms with E-state index in [0.717, 1.165) is 38.6 Å². The molecule has 4 nitrogen and oxygen atoms in total. The molecule has 0 bridgehead atoms. The van der Waals surface area contributed by atoms with E-state index in [1.54, 1.807) is 0 Å². The Labute approximate surface area is 158 Å². The predicted molar refractivity (Wildman–Crippen MR) is 111 cm³/mol. The van der Waals surface area contributed by atoms with E-state index in [1.807, 2.05) is 0 Å². The molecule has 0 saturated heterocycles. The van der Waals surface area contributed by atoms with Crippen LogP contribution in [0.1, 0.15) is 30.4 Å². The highest BCUT2D eigenvalue weighted by Crippen LogP contribution is 2.11. The molecule has 2 aromatic carbocycles. The van der Waals surface area contributed by atoms with Crippen molar-refractivity contribution in [2.45, 2.75) is 50.2 Å². The van der Waals surface area contributed by atoms with Crippen LogP contribution in [0.25, 0.3) is 0 Å². The van der Waals surface area contributed by atoms with Crippen LogP contribution in [-0.2, 0) is 12.8 Å². The zero-order chi connectivity index (χ0) is 18.6. The number of nitrogens with two attached hydrogens (primary N) is 3. The summed E-state index contributed by atoms with van der Waals surface area (Å²) in [5.41, 5.74) is 20.9. The van der Waals surface area contributed by atoms with Crippen LogP contribution >= 0.6 is 0 Å². The van der Waals surface area contributed by atoms with E-state index in [2.05, 4.69) is 66.0 Å². The van der Waals surface area contributed by atoms with Gasteiger partial charge in [-0.25, -0.2) is 0 Å². The fourth-order valence-electron chi connectivity index (χ4n) is 3.27. The van der Waals surface area contributed by atoms with Crippen molar-refractivity contribution in [2.75, 3.05) is 13.1 Å². The first-order valence-electron chi connectivity index (χ1n) is 9.71. The second kappa shape index (κ2) is 11.8. The molecule has 4 heteroatoms. The third kappa shape index (κ3) is 7.67. The molecule has 0 aliphatic rings. The summed E-state index contributed by atoms with van der Waals surface area (Å²) < 4.78 is 0. The van der Waals surface area contributed by atoms with Crippen molar-refractivity contribution in [3.8, 4) is 0 Å². The van der Waals surface area contributed by atoms with Gasteiger partial charge in [-0.05, 0) is 56.3 Å². The zero-order valence-electron chi connectivity index (χ0n) is 15.7. The summed E-state index contributed by atoms with van der Waals surface area (Å²) >= 11 is 0. The van der Waals surface area contributed by atoms with Crippen molar-refractivity contribution in [1.82, 2.24) is 5.32 Å². The maximum atomic E-state index is 6.39. The molecule has 0 aliphatic heterocycles. The molecule has 2 rings (SSSR count). The minimum Gasteiger partial charge on any atom is -0.330 e. The highest BCUT2D eigenvalue weighted by molar-refractivity contribution is 5.17. The Kier molecular flexibility index (Phi) is 9.35. The van der Waals surface area contributed by atoms with Crippen molar-refractivity contribution in [2.24, 2.45) is 17.2 Å². The van der Waals surface area contributed by atoms with E-state index in [4.69, 9.17) is 17.2 Å². The van der Waals surface area contributed by atoms with Gasteiger partial charge in [-0.1, -0.05) is 60.7 Å². The molecule has 0 fully saturated rings. The summed E-state index contributed by atoms with van der Waals surface area (Å²) in [6, 6.07) is 21.4. The predicted octanol–water partition coefficient (Wildman–Crippen LogP) is 2.21. The standard InChI is InChI=1S/C22H34N4/c23-14-7-12-21(24)22(25)17-20(16-19-10-5-2-6-11-19)26-15-13-18-8-3-1-4-9-18/h1-6,8-11,20-22,26H,7,12-17,23-25H2. The van der Waals surface area contributed by atoms with Crippen LogP contribution in [0.2, 0.25) is 0 Å². The van der Waals surface area contributed by atoms with Gasteiger partial charge >= 0.3 is 0 Å². The Hall–Kier alpha value is -1.72. The summed E-state index contributed by atoms with van der Waals surface area (Å²) in [5, 5.41) is 3.70. The molecule has 0 radical (unpaired) electrons. The molecule has 0 aliphatic carbocycles. The van der Waals surface area contributed by atoms with Crippen LogP contribution in [0.3, 0.4) is 0 Å². The van der Waals surface area contributed by atoms with Gasteiger partial charge in [-0.3, -0.25) is 0 Å². The lowest BCUT2D eigenvalue weighted by Crippen LogP contribution is -2.47. The van der Waals surface area contributed by atoms with E-state index in [-0.39, 0.29) is 12.1 Å². The average Bonchev–Trinajstić information content (AvgIpc) is 2.67. The normalized spacial score (nSPS) is 14.7. The largest absolute Gasteiger partial charge is 0.330 e. The summed E-state index contributed by atoms with van der Waals surface area (Å²) in [4.78, 5) is 0. The second-order valence-electron chi connectivity index (χ2n) is 7.07. The molecule has 3 atom stereocenters. The highest BCUT2D eigenvalue weighted by Gasteiger charge is 2.19. The van der Waals surface area contributed by atoms with Crippen molar-refractivity contribution >= 4 is 0 Å². The molecule has 142 valence electrons. The van der Waals surface area contributed by atoms with E-state index >= 15 is 0 Å². The Bertz CT molecular complexity index is 588. The monoisotopic (exact) mass is 354 g/mol. The molecule has 0 saturated carbocycles. The molecule has 2 aromatic rings. The zero-order valence-corrected chi connectivity index (χ0v) is 15.7. The van der Waals surface area contributed by atoms with Crippen LogP contribution in [0.5, 0.6) is 0 Å². The van der Waals surface area contributed by atoms with Crippen molar-refractivity contribution in [3.63, 3.8) is 0 Å². The Morgan fingerprint density at radius 1 is 0.808 bits per heavy atom. The summed E-state index contributed by atoms with van der Waals surface area (Å²) in [6.45, 7) is 1.61. The maximum Gasteiger partial charge on any atom is 0.0207 e. The van der Waals surface area contributed by atoms with Crippen molar-refractivity contribution in [3.05, 3.63) is 71.8 Å². The molecular weight excluding hydrogens is 320 g/mol. The molecule has 26 heavy (non-hydrogen) atoms. The fourth-order valence-corrected chi connectivity index (χ4v) is 3.27. The van der Waals surface area contributed by atoms with Gasteiger partial charge in [-0.2, -0.15) is 0 Å². The Balaban J connectivity index is 1.90. The van der Waals surface area contributed by atoms with Gasteiger partial charge in [0.05, 0.1) is 0 Å². The minimum atomic E-state index is -0.0144. The molecular formula is C22H34N4. The van der Waals surface area contributed by atoms with Gasteiger partial charge in [0.2, 0.25) is 0 Å². The summed E-state index contributed by atoms with van der Waals surface area (Å²) in [5.74, 6) is 0. The van der Waals surface area contributed by atoms with E-state index in [9.17, 15) is 0 Å². The lowest BCUT2D eigenvalue weighted by Gasteiger charge is -2.26. The molecule has 0 spiro atoms. The van der Waals surface area contributed by atoms with Crippen LogP contribution < -0.4 is 22.5 Å². The smallest absolute Gasteiger partial charge is 0.0207 e. The second-order valence-corrected chi connectivity index (χ2v) is 7.07. The number of hydrogen-bond acceptors (Lipinski definition) is 4. The van der Waals surface area contributed by atoms with Crippen LogP contribution in [-0.4, -0.2) is 31.2 Å². The number of rotatable bonds is 12. The van der Waals surface area contributed by atoms with Gasteiger partial charge in [0.25, 0.3) is 0 Å². The topological polar surface area (TPSA) is 90.1 Å². The fraction of sp³-hybridized carbons (Fsp3) is 0.455. The van der Waals surface area contributed by atoms with E-state index in [0.29, 0.717) is 12.6 Å². The lowest BCUT2D eigenvalue weighted by molar-refractivity contribution is 0.386. The molecule has 3 unspecified atom stereocenters. The first kappa shape index (κ1) is 20.6. The lowest BCUT2D eigenvalue weighted by atomic mass is 9.94. The quantitative estimate of drug-likeness (QED) is 0.470. The van der Waals surface area contributed by atoms with E-state index < -0.39 is 0 Å². The Morgan fingerprint density at radius 2 is 1.42 bits per heavy atom. The third-order valence-electron chi connectivity index (χ3n) is 4.86. The van der Waals surface area contributed by atoms with Gasteiger partial charge in [0.15, 0.2) is 0 Å². The summed E-state index contributed by atoms with van der Waals surface area (Å²) in [6.07, 6.45) is 4.67. The van der Waals surface area contributed by atoms with Gasteiger partial charge in [0.1, 0.15) is 0 Å². The first-order chi connectivity index (χ1) is 12.7. The number of nitrogens with one attached hydrogen (secondary N) is 1. The molecule has 0 heterocycles. The maximum absolute atomic E-state index is 6.39. The SMILES string of the molecule is NCCCC(N)C(N)CC(Cc1ccccc1)NCCc1ccccc1. The highest BCUT2D eigenvalue weighted by atomic mass is 14.9. The minimum absolute atomic E-state index is 0.00717. The first-order valence-corrected chi connectivity index (χ1v) is 9.71. The van der Waals surface area contributed by atoms with Gasteiger partial charge < -0.3 is 22.5 Å². The molecule has 0 aromatic heterocycles. The van der Waals surface area contributed by atoms with E-state index in [1.165, 1.54) is 11.1 Å². The number of hydrogen-bond donors (Lipinski definition) is 4. The van der Waals surface area contributed by atoms with Crippen molar-refractivity contribution in [1.29, 1.82) is 0 Å².